The summed E-state index contributed by atoms with van der Waals surface area (Å²) in [5, 5.41) is 14.4. The molecule has 0 unspecified atom stereocenters. The van der Waals surface area contributed by atoms with E-state index in [1.165, 1.54) is 18.3 Å². The summed E-state index contributed by atoms with van der Waals surface area (Å²) in [6, 6.07) is 2.78. The normalized spacial score (nSPS) is 14.1. The monoisotopic (exact) mass is 518 g/mol. The van der Waals surface area contributed by atoms with Gasteiger partial charge in [0.25, 0.3) is 0 Å². The van der Waals surface area contributed by atoms with Gasteiger partial charge in [0, 0.05) is 24.3 Å². The van der Waals surface area contributed by atoms with Gasteiger partial charge in [-0.3, -0.25) is 4.79 Å². The van der Waals surface area contributed by atoms with Gasteiger partial charge in [-0.15, -0.1) is 0 Å². The van der Waals surface area contributed by atoms with E-state index in [9.17, 15) is 27.9 Å². The van der Waals surface area contributed by atoms with Crippen LogP contribution in [0.15, 0.2) is 42.3 Å². The highest BCUT2D eigenvalue weighted by atomic mass is 19.4. The van der Waals surface area contributed by atoms with Crippen LogP contribution in [-0.4, -0.2) is 40.1 Å². The van der Waals surface area contributed by atoms with E-state index in [0.29, 0.717) is 23.7 Å². The van der Waals surface area contributed by atoms with Crippen molar-refractivity contribution in [3.8, 4) is 0 Å². The third kappa shape index (κ3) is 7.16. The fourth-order valence-electron chi connectivity index (χ4n) is 3.67. The predicted octanol–water partition coefficient (Wildman–Crippen LogP) is 5.29. The quantitative estimate of drug-likeness (QED) is 0.438. The number of carbonyl (C=O) groups excluding carboxylic acids is 2. The molecule has 0 spiro atoms. The molecule has 1 aliphatic carbocycles. The van der Waals surface area contributed by atoms with Gasteiger partial charge in [-0.2, -0.15) is 13.2 Å². The van der Waals surface area contributed by atoms with Crippen LogP contribution in [0.1, 0.15) is 49.8 Å². The van der Waals surface area contributed by atoms with Crippen molar-refractivity contribution in [1.82, 2.24) is 9.97 Å². The first-order valence-electron chi connectivity index (χ1n) is 11.6. The molecule has 0 saturated heterocycles. The number of nitrogens with one attached hydrogen (secondary N) is 2. The summed E-state index contributed by atoms with van der Waals surface area (Å²) in [5.74, 6) is 0.424. The van der Waals surface area contributed by atoms with E-state index in [4.69, 9.17) is 4.74 Å². The van der Waals surface area contributed by atoms with Crippen LogP contribution in [-0.2, 0) is 22.1 Å². The fourth-order valence-corrected chi connectivity index (χ4v) is 3.67. The van der Waals surface area contributed by atoms with Crippen LogP contribution in [0.4, 0.5) is 29.3 Å². The molecule has 1 aromatic heterocycles. The first-order chi connectivity index (χ1) is 17.3. The number of anilines is 2. The average molecular weight is 519 g/mol. The molecule has 8 nitrogen and oxygen atoms in total. The number of hydrogen-bond acceptors (Lipinski definition) is 6. The Balaban J connectivity index is 1.75. The molecule has 0 fully saturated rings. The van der Waals surface area contributed by atoms with Gasteiger partial charge in [-0.1, -0.05) is 26.0 Å². The number of alkyl halides is 3. The fraction of sp³-hybridized carbons (Fsp3) is 0.385. The zero-order valence-electron chi connectivity index (χ0n) is 21.0. The Kier molecular flexibility index (Phi) is 8.37. The summed E-state index contributed by atoms with van der Waals surface area (Å²) in [6.45, 7) is 6.82. The number of aromatic nitrogens is 2. The van der Waals surface area contributed by atoms with Crippen molar-refractivity contribution in [1.29, 1.82) is 0 Å². The molecule has 3 N–H and O–H groups in total. The van der Waals surface area contributed by atoms with E-state index in [1.54, 1.807) is 39.8 Å². The number of nitrogens with zero attached hydrogens (tertiary/aromatic N) is 2. The van der Waals surface area contributed by atoms with Crippen LogP contribution in [0.25, 0.3) is 5.57 Å². The number of Topliss-reactive ketones (excluding diaryl/α,β-unsaturated/α-hetero) is 1. The molecular formula is C26H29F3N4O4. The molecule has 37 heavy (non-hydrogen) atoms. The predicted molar refractivity (Wildman–Crippen MR) is 133 cm³/mol. The molecule has 0 aliphatic heterocycles. The van der Waals surface area contributed by atoms with Crippen molar-refractivity contribution in [2.45, 2.75) is 46.7 Å². The lowest BCUT2D eigenvalue weighted by Gasteiger charge is -2.24. The van der Waals surface area contributed by atoms with Gasteiger partial charge in [0.1, 0.15) is 0 Å². The summed E-state index contributed by atoms with van der Waals surface area (Å²) >= 11 is 0. The van der Waals surface area contributed by atoms with Crippen LogP contribution >= 0.6 is 0 Å². The van der Waals surface area contributed by atoms with Crippen LogP contribution in [0.5, 0.6) is 0 Å². The molecule has 2 amide bonds. The van der Waals surface area contributed by atoms with Gasteiger partial charge in [0.2, 0.25) is 5.78 Å². The van der Waals surface area contributed by atoms with Crippen molar-refractivity contribution >= 4 is 28.8 Å². The minimum atomic E-state index is -4.63. The minimum Gasteiger partial charge on any atom is -0.490 e. The smallest absolute Gasteiger partial charge is 0.416 e. The molecule has 1 aromatic carbocycles. The lowest BCUT2D eigenvalue weighted by molar-refractivity contribution is -0.138. The Hall–Kier alpha value is -3.73. The Morgan fingerprint density at radius 1 is 1.22 bits per heavy atom. The second kappa shape index (κ2) is 11.1. The van der Waals surface area contributed by atoms with Crippen LogP contribution < -0.4 is 10.6 Å². The summed E-state index contributed by atoms with van der Waals surface area (Å²) in [7, 11) is 0. The van der Waals surface area contributed by atoms with Crippen molar-refractivity contribution in [3.63, 3.8) is 0 Å². The molecule has 0 radical (unpaired) electrons. The number of aliphatic hydroxyl groups is 1. The molecule has 1 aliphatic rings. The van der Waals surface area contributed by atoms with Gasteiger partial charge in [-0.05, 0) is 49.5 Å². The standard InChI is InChI=1S/C26H29F3N4O4/c1-5-37-22-10-16(7-9-21(22)35)23-30-13-20(15(2)31-23)33-24(36)32-18-8-6-17(12-25(3,4)14-34)19(11-18)26(27,28)29/h6-8,10-11,13,34H,5,9,12,14H2,1-4H3,(H2,32,33,36). The van der Waals surface area contributed by atoms with Gasteiger partial charge in [0.15, 0.2) is 11.6 Å². The van der Waals surface area contributed by atoms with Gasteiger partial charge in [-0.25, -0.2) is 14.8 Å². The third-order valence-electron chi connectivity index (χ3n) is 5.62. The highest BCUT2D eigenvalue weighted by Gasteiger charge is 2.35. The number of ether oxygens (including phenoxy) is 1. The minimum absolute atomic E-state index is 0.0134. The number of aliphatic hydroxyl groups excluding tert-OH is 1. The SMILES string of the molecule is CCOC1=CC(c2ncc(NC(=O)Nc3ccc(CC(C)(C)CO)c(C(F)(F)F)c3)c(C)n2)=CCC1=O. The van der Waals surface area contributed by atoms with Crippen LogP contribution in [0, 0.1) is 12.3 Å². The number of allylic oxidation sites excluding steroid dienone is 4. The molecular weight excluding hydrogens is 489 g/mol. The Bertz CT molecular complexity index is 1250. The largest absolute Gasteiger partial charge is 0.490 e. The molecule has 11 heteroatoms. The second-order valence-electron chi connectivity index (χ2n) is 9.37. The molecule has 1 heterocycles. The number of amides is 2. The summed E-state index contributed by atoms with van der Waals surface area (Å²) in [4.78, 5) is 33.1. The summed E-state index contributed by atoms with van der Waals surface area (Å²) < 4.78 is 46.4. The van der Waals surface area contributed by atoms with E-state index in [1.807, 2.05) is 0 Å². The molecule has 0 saturated carbocycles. The van der Waals surface area contributed by atoms with E-state index in [-0.39, 0.29) is 47.9 Å². The van der Waals surface area contributed by atoms with Gasteiger partial charge in [0.05, 0.1) is 29.7 Å². The number of carbonyl (C=O) groups is 2. The summed E-state index contributed by atoms with van der Waals surface area (Å²) in [6.07, 6.45) is 0.159. The van der Waals surface area contributed by atoms with Crippen molar-refractivity contribution in [2.24, 2.45) is 5.41 Å². The molecule has 0 bridgehead atoms. The first-order valence-corrected chi connectivity index (χ1v) is 11.6. The van der Waals surface area contributed by atoms with E-state index in [2.05, 4.69) is 20.6 Å². The molecule has 198 valence electrons. The van der Waals surface area contributed by atoms with E-state index in [0.717, 1.165) is 6.07 Å². The second-order valence-corrected chi connectivity index (χ2v) is 9.37. The zero-order valence-corrected chi connectivity index (χ0v) is 21.0. The topological polar surface area (TPSA) is 113 Å². The highest BCUT2D eigenvalue weighted by Crippen LogP contribution is 2.36. The van der Waals surface area contributed by atoms with Crippen molar-refractivity contribution in [3.05, 3.63) is 65.0 Å². The molecule has 0 atom stereocenters. The van der Waals surface area contributed by atoms with Crippen LogP contribution in [0.2, 0.25) is 0 Å². The number of benzene rings is 1. The Morgan fingerprint density at radius 3 is 2.57 bits per heavy atom. The van der Waals surface area contributed by atoms with Gasteiger partial charge >= 0.3 is 12.2 Å². The van der Waals surface area contributed by atoms with E-state index >= 15 is 0 Å². The third-order valence-corrected chi connectivity index (χ3v) is 5.62. The molecule has 3 rings (SSSR count). The molecule has 2 aromatic rings. The Morgan fingerprint density at radius 2 is 1.95 bits per heavy atom. The number of rotatable bonds is 8. The average Bonchev–Trinajstić information content (AvgIpc) is 2.82. The number of ketones is 1. The number of halogens is 3. The van der Waals surface area contributed by atoms with E-state index < -0.39 is 23.2 Å². The number of hydrogen-bond donors (Lipinski definition) is 3. The maximum absolute atomic E-state index is 13.7. The van der Waals surface area contributed by atoms with Crippen molar-refractivity contribution < 1.29 is 32.6 Å². The lowest BCUT2D eigenvalue weighted by Crippen LogP contribution is -2.23. The van der Waals surface area contributed by atoms with Crippen LogP contribution in [0.3, 0.4) is 0 Å². The van der Waals surface area contributed by atoms with Crippen molar-refractivity contribution in [2.75, 3.05) is 23.8 Å². The highest BCUT2D eigenvalue weighted by molar-refractivity contribution is 6.01. The maximum atomic E-state index is 13.7. The Labute approximate surface area is 212 Å². The zero-order chi connectivity index (χ0) is 27.4. The van der Waals surface area contributed by atoms with Gasteiger partial charge < -0.3 is 20.5 Å². The number of aryl methyl sites for hydroxylation is 1. The lowest BCUT2D eigenvalue weighted by atomic mass is 9.85. The summed E-state index contributed by atoms with van der Waals surface area (Å²) in [5.41, 5.74) is -0.351. The first kappa shape index (κ1) is 27.9. The number of urea groups is 1. The maximum Gasteiger partial charge on any atom is 0.416 e.